The number of hydrogen-bond donors (Lipinski definition) is 2. The first-order chi connectivity index (χ1) is 9.00. The van der Waals surface area contributed by atoms with Gasteiger partial charge in [-0.15, -0.1) is 11.8 Å². The molecule has 2 amide bonds. The number of phenols is 1. The average Bonchev–Trinajstić information content (AvgIpc) is 2.87. The summed E-state index contributed by atoms with van der Waals surface area (Å²) in [5.74, 6) is -0.0925. The fraction of sp³-hybridized carbons (Fsp3) is 0.333. The maximum Gasteiger partial charge on any atom is 0.327 e. The summed E-state index contributed by atoms with van der Waals surface area (Å²) in [6.07, 6.45) is 0. The van der Waals surface area contributed by atoms with E-state index in [1.807, 2.05) is 0 Å². The van der Waals surface area contributed by atoms with Gasteiger partial charge in [0.15, 0.2) is 0 Å². The molecule has 0 aromatic heterocycles. The number of amides is 2. The highest BCUT2D eigenvalue weighted by atomic mass is 32.2. The van der Waals surface area contributed by atoms with Gasteiger partial charge in [-0.05, 0) is 24.3 Å². The van der Waals surface area contributed by atoms with Crippen molar-refractivity contribution in [1.82, 2.24) is 4.90 Å². The van der Waals surface area contributed by atoms with Gasteiger partial charge in [0, 0.05) is 18.5 Å². The summed E-state index contributed by atoms with van der Waals surface area (Å²) in [6, 6.07) is 5.03. The highest BCUT2D eigenvalue weighted by Gasteiger charge is 2.36. The monoisotopic (exact) mass is 282 g/mol. The first-order valence-electron chi connectivity index (χ1n) is 5.64. The van der Waals surface area contributed by atoms with Crippen LogP contribution in [0.15, 0.2) is 24.3 Å². The molecule has 1 aliphatic rings. The third-order valence-electron chi connectivity index (χ3n) is 2.94. The molecule has 7 heteroatoms. The van der Waals surface area contributed by atoms with Crippen LogP contribution in [0.25, 0.3) is 0 Å². The SMILES string of the molecule is CN(C(=O)N1CSCC1C(=O)O)c1ccc(O)cc1. The van der Waals surface area contributed by atoms with Gasteiger partial charge in [0.05, 0.1) is 5.88 Å². The van der Waals surface area contributed by atoms with E-state index in [1.54, 1.807) is 19.2 Å². The van der Waals surface area contributed by atoms with E-state index in [4.69, 9.17) is 5.11 Å². The van der Waals surface area contributed by atoms with Crippen LogP contribution in [0, 0.1) is 0 Å². The number of benzene rings is 1. The molecule has 1 aliphatic heterocycles. The van der Waals surface area contributed by atoms with E-state index in [9.17, 15) is 14.7 Å². The van der Waals surface area contributed by atoms with Crippen LogP contribution < -0.4 is 4.90 Å². The molecule has 1 fully saturated rings. The number of nitrogens with zero attached hydrogens (tertiary/aromatic N) is 2. The number of urea groups is 1. The zero-order valence-electron chi connectivity index (χ0n) is 10.3. The molecule has 0 spiro atoms. The molecule has 19 heavy (non-hydrogen) atoms. The van der Waals surface area contributed by atoms with Crippen molar-refractivity contribution < 1.29 is 19.8 Å². The number of aliphatic carboxylic acids is 1. The highest BCUT2D eigenvalue weighted by Crippen LogP contribution is 2.25. The number of aromatic hydroxyl groups is 1. The molecule has 1 atom stereocenters. The van der Waals surface area contributed by atoms with Gasteiger partial charge in [0.1, 0.15) is 11.8 Å². The van der Waals surface area contributed by atoms with E-state index in [-0.39, 0.29) is 11.8 Å². The van der Waals surface area contributed by atoms with Gasteiger partial charge >= 0.3 is 12.0 Å². The molecular formula is C12H14N2O4S. The number of carbonyl (C=O) groups is 2. The molecule has 1 unspecified atom stereocenters. The quantitative estimate of drug-likeness (QED) is 0.857. The molecule has 1 heterocycles. The summed E-state index contributed by atoms with van der Waals surface area (Å²) in [4.78, 5) is 26.0. The number of thioether (sulfide) groups is 1. The summed E-state index contributed by atoms with van der Waals surface area (Å²) < 4.78 is 0. The third kappa shape index (κ3) is 2.76. The standard InChI is InChI=1S/C12H14N2O4S/c1-13(8-2-4-9(15)5-3-8)12(18)14-7-19-6-10(14)11(16)17/h2-5,10,15H,6-7H2,1H3,(H,16,17). The minimum Gasteiger partial charge on any atom is -0.508 e. The van der Waals surface area contributed by atoms with Crippen LogP contribution in [0.1, 0.15) is 0 Å². The van der Waals surface area contributed by atoms with E-state index < -0.39 is 12.0 Å². The molecule has 1 aromatic rings. The lowest BCUT2D eigenvalue weighted by atomic mass is 10.2. The smallest absolute Gasteiger partial charge is 0.327 e. The van der Waals surface area contributed by atoms with Crippen molar-refractivity contribution in [3.05, 3.63) is 24.3 Å². The van der Waals surface area contributed by atoms with Crippen LogP contribution in [0.2, 0.25) is 0 Å². The number of carboxylic acid groups (broad SMARTS) is 1. The largest absolute Gasteiger partial charge is 0.508 e. The molecule has 1 saturated heterocycles. The lowest BCUT2D eigenvalue weighted by Gasteiger charge is -2.27. The fourth-order valence-electron chi connectivity index (χ4n) is 1.82. The fourth-order valence-corrected chi connectivity index (χ4v) is 2.95. The number of carbonyl (C=O) groups excluding carboxylic acids is 1. The zero-order valence-corrected chi connectivity index (χ0v) is 11.1. The molecule has 0 bridgehead atoms. The van der Waals surface area contributed by atoms with E-state index in [2.05, 4.69) is 0 Å². The second-order valence-electron chi connectivity index (χ2n) is 4.18. The van der Waals surface area contributed by atoms with Crippen LogP contribution in [0.4, 0.5) is 10.5 Å². The Morgan fingerprint density at radius 3 is 2.58 bits per heavy atom. The summed E-state index contributed by atoms with van der Waals surface area (Å²) >= 11 is 1.42. The van der Waals surface area contributed by atoms with E-state index in [0.29, 0.717) is 17.3 Å². The van der Waals surface area contributed by atoms with E-state index >= 15 is 0 Å². The molecule has 2 N–H and O–H groups in total. The summed E-state index contributed by atoms with van der Waals surface area (Å²) in [7, 11) is 1.58. The Morgan fingerprint density at radius 2 is 2.00 bits per heavy atom. The van der Waals surface area contributed by atoms with Gasteiger partial charge in [-0.1, -0.05) is 0 Å². The van der Waals surface area contributed by atoms with E-state index in [0.717, 1.165) is 0 Å². The molecule has 0 aliphatic carbocycles. The second kappa shape index (κ2) is 5.40. The van der Waals surface area contributed by atoms with Gasteiger partial charge in [-0.25, -0.2) is 9.59 Å². The minimum absolute atomic E-state index is 0.115. The highest BCUT2D eigenvalue weighted by molar-refractivity contribution is 7.99. The molecule has 6 nitrogen and oxygen atoms in total. The van der Waals surface area contributed by atoms with Crippen molar-refractivity contribution in [2.75, 3.05) is 23.6 Å². The second-order valence-corrected chi connectivity index (χ2v) is 5.18. The minimum atomic E-state index is -0.988. The predicted octanol–water partition coefficient (Wildman–Crippen LogP) is 1.41. The van der Waals surface area contributed by atoms with Crippen molar-refractivity contribution in [3.8, 4) is 5.75 Å². The first kappa shape index (κ1) is 13.5. The topological polar surface area (TPSA) is 81.1 Å². The van der Waals surface area contributed by atoms with Crippen molar-refractivity contribution in [3.63, 3.8) is 0 Å². The number of rotatable bonds is 2. The normalized spacial score (nSPS) is 18.4. The molecule has 2 rings (SSSR count). The number of anilines is 1. The molecule has 0 saturated carbocycles. The molecule has 102 valence electrons. The van der Waals surface area contributed by atoms with Crippen LogP contribution >= 0.6 is 11.8 Å². The predicted molar refractivity (Wildman–Crippen MR) is 72.5 cm³/mol. The van der Waals surface area contributed by atoms with Gasteiger partial charge in [-0.3, -0.25) is 4.90 Å². The maximum absolute atomic E-state index is 12.3. The Hall–Kier alpha value is -1.89. The van der Waals surface area contributed by atoms with Gasteiger partial charge in [0.25, 0.3) is 0 Å². The van der Waals surface area contributed by atoms with Crippen molar-refractivity contribution >= 4 is 29.4 Å². The van der Waals surface area contributed by atoms with Crippen molar-refractivity contribution in [2.45, 2.75) is 6.04 Å². The summed E-state index contributed by atoms with van der Waals surface area (Å²) in [5, 5.41) is 18.3. The Kier molecular flexibility index (Phi) is 3.84. The van der Waals surface area contributed by atoms with Crippen LogP contribution in [-0.2, 0) is 4.79 Å². The van der Waals surface area contributed by atoms with E-state index in [1.165, 1.54) is 33.7 Å². The Labute approximate surface area is 114 Å². The van der Waals surface area contributed by atoms with Gasteiger partial charge < -0.3 is 15.1 Å². The maximum atomic E-state index is 12.3. The lowest BCUT2D eigenvalue weighted by molar-refractivity contribution is -0.140. The van der Waals surface area contributed by atoms with Crippen molar-refractivity contribution in [2.24, 2.45) is 0 Å². The van der Waals surface area contributed by atoms with Gasteiger partial charge in [0.2, 0.25) is 0 Å². The molecule has 1 aromatic carbocycles. The third-order valence-corrected chi connectivity index (χ3v) is 3.95. The Bertz CT molecular complexity index is 491. The van der Waals surface area contributed by atoms with Crippen LogP contribution in [-0.4, -0.2) is 51.8 Å². The zero-order chi connectivity index (χ0) is 14.0. The van der Waals surface area contributed by atoms with Gasteiger partial charge in [-0.2, -0.15) is 0 Å². The number of carboxylic acids is 1. The number of phenolic OH excluding ortho intramolecular Hbond substituents is 1. The molecule has 0 radical (unpaired) electrons. The van der Waals surface area contributed by atoms with Crippen LogP contribution in [0.3, 0.4) is 0 Å². The number of hydrogen-bond acceptors (Lipinski definition) is 4. The summed E-state index contributed by atoms with van der Waals surface area (Å²) in [5.41, 5.74) is 0.601. The Morgan fingerprint density at radius 1 is 1.37 bits per heavy atom. The van der Waals surface area contributed by atoms with Crippen LogP contribution in [0.5, 0.6) is 5.75 Å². The Balaban J connectivity index is 2.14. The lowest BCUT2D eigenvalue weighted by Crippen LogP contribution is -2.47. The molecular weight excluding hydrogens is 268 g/mol. The van der Waals surface area contributed by atoms with Crippen molar-refractivity contribution in [1.29, 1.82) is 0 Å². The summed E-state index contributed by atoms with van der Waals surface area (Å²) in [6.45, 7) is 0. The first-order valence-corrected chi connectivity index (χ1v) is 6.80. The average molecular weight is 282 g/mol.